The summed E-state index contributed by atoms with van der Waals surface area (Å²) in [5.41, 5.74) is -0.292. The minimum Gasteiger partial charge on any atom is -0.313 e. The highest BCUT2D eigenvalue weighted by Crippen LogP contribution is 2.14. The minimum atomic E-state index is -0.292. The third-order valence-corrected chi connectivity index (χ3v) is 1.34. The van der Waals surface area contributed by atoms with Crippen molar-refractivity contribution < 1.29 is 9.50 Å². The molecular formula is C5H10NO2+. The first-order chi connectivity index (χ1) is 3.63. The number of nitroso groups, excluding NO2 is 1. The zero-order valence-corrected chi connectivity index (χ0v) is 5.18. The Kier molecular flexibility index (Phi) is 1.08. The lowest BCUT2D eigenvalue weighted by atomic mass is 10.1. The van der Waals surface area contributed by atoms with Gasteiger partial charge < -0.3 is 4.74 Å². The topological polar surface area (TPSA) is 29.3 Å². The molecule has 0 saturated carbocycles. The lowest BCUT2D eigenvalue weighted by molar-refractivity contribution is -0.607. The van der Waals surface area contributed by atoms with Gasteiger partial charge in [-0.15, -0.1) is 0 Å². The molecule has 0 aliphatic carbocycles. The lowest BCUT2D eigenvalue weighted by Crippen LogP contribution is -2.30. The summed E-state index contributed by atoms with van der Waals surface area (Å²) in [5, 5.41) is 0. The molecule has 0 atom stereocenters. The van der Waals surface area contributed by atoms with Gasteiger partial charge in [0.25, 0.3) is 6.73 Å². The predicted octanol–water partition coefficient (Wildman–Crippen LogP) is 0.532. The van der Waals surface area contributed by atoms with Crippen molar-refractivity contribution in [2.24, 2.45) is 0 Å². The summed E-state index contributed by atoms with van der Waals surface area (Å²) < 4.78 is 5.84. The summed E-state index contributed by atoms with van der Waals surface area (Å²) in [4.78, 5) is 10.7. The van der Waals surface area contributed by atoms with Gasteiger partial charge in [0, 0.05) is 23.5 Å². The molecule has 1 fully saturated rings. The molecule has 0 unspecified atom stereocenters. The Labute approximate surface area is 48.2 Å². The quantitative estimate of drug-likeness (QED) is 0.432. The van der Waals surface area contributed by atoms with Crippen LogP contribution in [0, 0.1) is 4.91 Å². The van der Waals surface area contributed by atoms with Crippen LogP contribution in [-0.4, -0.2) is 23.6 Å². The molecule has 1 heterocycles. The van der Waals surface area contributed by atoms with Crippen molar-refractivity contribution in [3.8, 4) is 0 Å². The van der Waals surface area contributed by atoms with Gasteiger partial charge in [-0.2, -0.15) is 0 Å². The van der Waals surface area contributed by atoms with Gasteiger partial charge in [0.05, 0.1) is 0 Å². The van der Waals surface area contributed by atoms with E-state index < -0.39 is 0 Å². The Hall–Kier alpha value is -0.440. The van der Waals surface area contributed by atoms with Gasteiger partial charge in [-0.1, -0.05) is 0 Å². The highest BCUT2D eigenvalue weighted by atomic mass is 16.5. The van der Waals surface area contributed by atoms with E-state index in [9.17, 15) is 4.91 Å². The zero-order valence-electron chi connectivity index (χ0n) is 5.18. The fourth-order valence-corrected chi connectivity index (χ4v) is 0.625. The monoisotopic (exact) mass is 116 g/mol. The van der Waals surface area contributed by atoms with Crippen molar-refractivity contribution in [3.63, 3.8) is 0 Å². The van der Waals surface area contributed by atoms with Gasteiger partial charge in [-0.3, -0.25) is 0 Å². The standard InChI is InChI=1S/C5H10NO2/c1-5(2)3-8-4-6(5)7/h3-4H2,1-2H3/q+1. The summed E-state index contributed by atoms with van der Waals surface area (Å²) in [6, 6.07) is 0. The van der Waals surface area contributed by atoms with Crippen LogP contribution in [0.15, 0.2) is 0 Å². The Morgan fingerprint density at radius 1 is 1.62 bits per heavy atom. The summed E-state index contributed by atoms with van der Waals surface area (Å²) in [6.45, 7) is 4.52. The molecule has 1 aliphatic rings. The number of hydrogen-bond acceptors (Lipinski definition) is 2. The first-order valence-electron chi connectivity index (χ1n) is 2.65. The maximum Gasteiger partial charge on any atom is 0.296 e. The summed E-state index contributed by atoms with van der Waals surface area (Å²) in [7, 11) is 0. The smallest absolute Gasteiger partial charge is 0.296 e. The molecule has 3 heteroatoms. The fourth-order valence-electron chi connectivity index (χ4n) is 0.625. The lowest BCUT2D eigenvalue weighted by Gasteiger charge is -2.00. The predicted molar refractivity (Wildman–Crippen MR) is 28.5 cm³/mol. The van der Waals surface area contributed by atoms with E-state index in [2.05, 4.69) is 0 Å². The average Bonchev–Trinajstić information content (AvgIpc) is 1.86. The zero-order chi connectivity index (χ0) is 6.20. The van der Waals surface area contributed by atoms with Crippen LogP contribution in [0.1, 0.15) is 13.8 Å². The van der Waals surface area contributed by atoms with Crippen LogP contribution in [0.25, 0.3) is 0 Å². The average molecular weight is 116 g/mol. The van der Waals surface area contributed by atoms with Gasteiger partial charge in [0.1, 0.15) is 6.61 Å². The van der Waals surface area contributed by atoms with E-state index >= 15 is 0 Å². The van der Waals surface area contributed by atoms with Crippen molar-refractivity contribution in [3.05, 3.63) is 4.91 Å². The number of rotatable bonds is 0. The van der Waals surface area contributed by atoms with Crippen LogP contribution in [0.2, 0.25) is 0 Å². The summed E-state index contributed by atoms with van der Waals surface area (Å²) in [5.74, 6) is 0. The summed E-state index contributed by atoms with van der Waals surface area (Å²) in [6.07, 6.45) is 0. The largest absolute Gasteiger partial charge is 0.313 e. The van der Waals surface area contributed by atoms with Gasteiger partial charge in [-0.05, 0) is 0 Å². The molecule has 0 aromatic carbocycles. The van der Waals surface area contributed by atoms with Crippen LogP contribution in [0.5, 0.6) is 0 Å². The molecule has 0 radical (unpaired) electrons. The van der Waals surface area contributed by atoms with Crippen molar-refractivity contribution in [1.29, 1.82) is 0 Å². The molecule has 1 rings (SSSR count). The van der Waals surface area contributed by atoms with Gasteiger partial charge in [0.15, 0.2) is 0 Å². The van der Waals surface area contributed by atoms with Gasteiger partial charge >= 0.3 is 0 Å². The second-order valence-corrected chi connectivity index (χ2v) is 2.67. The Bertz CT molecular complexity index is 120. The first-order valence-corrected chi connectivity index (χ1v) is 2.65. The van der Waals surface area contributed by atoms with E-state index in [1.54, 1.807) is 0 Å². The molecule has 46 valence electrons. The maximum atomic E-state index is 10.7. The van der Waals surface area contributed by atoms with E-state index in [1.165, 1.54) is 0 Å². The van der Waals surface area contributed by atoms with E-state index in [4.69, 9.17) is 4.74 Å². The molecule has 8 heavy (non-hydrogen) atoms. The number of hydrogen-bond donors (Lipinski definition) is 0. The second-order valence-electron chi connectivity index (χ2n) is 2.67. The Morgan fingerprint density at radius 2 is 2.25 bits per heavy atom. The Morgan fingerprint density at radius 3 is 2.38 bits per heavy atom. The van der Waals surface area contributed by atoms with E-state index in [1.807, 2.05) is 13.8 Å². The molecule has 0 bridgehead atoms. The molecule has 0 aromatic rings. The van der Waals surface area contributed by atoms with Crippen molar-refractivity contribution in [2.75, 3.05) is 13.3 Å². The van der Waals surface area contributed by atoms with E-state index in [0.717, 1.165) is 4.76 Å². The van der Waals surface area contributed by atoms with Crippen LogP contribution >= 0.6 is 0 Å². The molecule has 3 nitrogen and oxygen atoms in total. The highest BCUT2D eigenvalue weighted by Gasteiger charge is 2.41. The van der Waals surface area contributed by atoms with E-state index in [0.29, 0.717) is 6.61 Å². The number of nitrogens with zero attached hydrogens (tertiary/aromatic N) is 1. The van der Waals surface area contributed by atoms with Crippen LogP contribution in [-0.2, 0) is 4.74 Å². The normalized spacial score (nSPS) is 26.5. The molecular weight excluding hydrogens is 106 g/mol. The molecule has 1 saturated heterocycles. The molecule has 0 spiro atoms. The van der Waals surface area contributed by atoms with Crippen molar-refractivity contribution in [1.82, 2.24) is 0 Å². The van der Waals surface area contributed by atoms with Crippen LogP contribution < -0.4 is 0 Å². The fraction of sp³-hybridized carbons (Fsp3) is 1.00. The maximum absolute atomic E-state index is 10.7. The van der Waals surface area contributed by atoms with Gasteiger partial charge in [-0.25, -0.2) is 0 Å². The van der Waals surface area contributed by atoms with E-state index in [-0.39, 0.29) is 12.3 Å². The third kappa shape index (κ3) is 0.733. The number of ether oxygens (including phenoxy) is 1. The first kappa shape index (κ1) is 5.69. The van der Waals surface area contributed by atoms with Crippen molar-refractivity contribution in [2.45, 2.75) is 19.4 Å². The third-order valence-electron chi connectivity index (χ3n) is 1.34. The minimum absolute atomic E-state index is 0.229. The molecule has 0 amide bonds. The Balaban J connectivity index is 2.68. The SMILES string of the molecule is CC1(C)COC[N+]1=O. The highest BCUT2D eigenvalue weighted by molar-refractivity contribution is 4.66. The second kappa shape index (κ2) is 1.52. The van der Waals surface area contributed by atoms with Crippen LogP contribution in [0.4, 0.5) is 0 Å². The van der Waals surface area contributed by atoms with Crippen LogP contribution in [0.3, 0.4) is 0 Å². The van der Waals surface area contributed by atoms with Gasteiger partial charge in [0.2, 0.25) is 5.54 Å². The molecule has 0 aromatic heterocycles. The molecule has 0 N–H and O–H groups in total. The van der Waals surface area contributed by atoms with Crippen molar-refractivity contribution >= 4 is 0 Å². The summed E-state index contributed by atoms with van der Waals surface area (Å²) >= 11 is 0. The molecule has 1 aliphatic heterocycles.